The molecule has 0 saturated heterocycles. The Bertz CT molecular complexity index is 780. The third kappa shape index (κ3) is 3.33. The van der Waals surface area contributed by atoms with Crippen LogP contribution < -0.4 is 0 Å². The molecular formula is C24H28N2. The molecule has 2 heteroatoms. The van der Waals surface area contributed by atoms with E-state index in [1.165, 1.54) is 36.2 Å². The molecule has 0 unspecified atom stereocenters. The highest BCUT2D eigenvalue weighted by Gasteiger charge is 2.34. The van der Waals surface area contributed by atoms with Crippen LogP contribution in [0, 0.1) is 5.92 Å². The van der Waals surface area contributed by atoms with Gasteiger partial charge < -0.3 is 4.57 Å². The number of nitrogens with zero attached hydrogens (tertiary/aromatic N) is 2. The fourth-order valence-electron chi connectivity index (χ4n) is 4.69. The molecule has 1 fully saturated rings. The van der Waals surface area contributed by atoms with E-state index in [0.29, 0.717) is 23.8 Å². The molecule has 0 amide bonds. The van der Waals surface area contributed by atoms with E-state index in [2.05, 4.69) is 90.3 Å². The molecule has 1 aliphatic carbocycles. The van der Waals surface area contributed by atoms with Crippen LogP contribution in [-0.2, 0) is 0 Å². The smallest absolute Gasteiger partial charge is 0.111 e. The van der Waals surface area contributed by atoms with Crippen molar-refractivity contribution in [3.05, 3.63) is 90.0 Å². The largest absolute Gasteiger partial charge is 0.332 e. The van der Waals surface area contributed by atoms with Gasteiger partial charge in [0.05, 0.1) is 0 Å². The molecule has 3 aromatic rings. The Hall–Kier alpha value is -2.35. The van der Waals surface area contributed by atoms with Crippen LogP contribution in [0.25, 0.3) is 0 Å². The van der Waals surface area contributed by atoms with E-state index < -0.39 is 0 Å². The molecule has 2 atom stereocenters. The van der Waals surface area contributed by atoms with Crippen LogP contribution in [0.3, 0.4) is 0 Å². The van der Waals surface area contributed by atoms with Crippen molar-refractivity contribution in [1.29, 1.82) is 0 Å². The van der Waals surface area contributed by atoms with Crippen LogP contribution in [0.1, 0.15) is 67.9 Å². The Balaban J connectivity index is 1.63. The van der Waals surface area contributed by atoms with Crippen LogP contribution in [0.4, 0.5) is 0 Å². The standard InChI is InChI=1S/C24H28N2/c1-18(2)24-25-15-16-26(24)22-14-13-21(17-22)23(19-9-5-3-6-10-19)20-11-7-4-8-12-20/h3-12,15-16,18,21-23H,13-14,17H2,1-2H3/t21-,22+/m1/s1. The van der Waals surface area contributed by atoms with E-state index in [1.54, 1.807) is 0 Å². The molecule has 0 bridgehead atoms. The molecule has 0 N–H and O–H groups in total. The molecule has 1 saturated carbocycles. The third-order valence-corrected chi connectivity index (χ3v) is 5.84. The molecule has 0 radical (unpaired) electrons. The second-order valence-electron chi connectivity index (χ2n) is 7.87. The second-order valence-corrected chi connectivity index (χ2v) is 7.87. The lowest BCUT2D eigenvalue weighted by Crippen LogP contribution is -2.14. The van der Waals surface area contributed by atoms with E-state index in [1.807, 2.05) is 6.20 Å². The maximum absolute atomic E-state index is 4.61. The highest BCUT2D eigenvalue weighted by molar-refractivity contribution is 5.33. The minimum Gasteiger partial charge on any atom is -0.332 e. The van der Waals surface area contributed by atoms with Gasteiger partial charge in [-0.05, 0) is 36.3 Å². The van der Waals surface area contributed by atoms with Crippen molar-refractivity contribution in [2.45, 2.75) is 51.0 Å². The maximum Gasteiger partial charge on any atom is 0.111 e. The van der Waals surface area contributed by atoms with E-state index in [9.17, 15) is 0 Å². The van der Waals surface area contributed by atoms with Crippen molar-refractivity contribution in [3.63, 3.8) is 0 Å². The first-order valence-electron chi connectivity index (χ1n) is 9.86. The summed E-state index contributed by atoms with van der Waals surface area (Å²) in [5.74, 6) is 2.86. The van der Waals surface area contributed by atoms with Gasteiger partial charge in [-0.25, -0.2) is 4.98 Å². The van der Waals surface area contributed by atoms with Gasteiger partial charge in [0.1, 0.15) is 5.82 Å². The number of aromatic nitrogens is 2. The SMILES string of the molecule is CC(C)c1nccn1[C@H]1CC[C@@H](C(c2ccccc2)c2ccccc2)C1. The molecule has 4 rings (SSSR count). The van der Waals surface area contributed by atoms with Gasteiger partial charge in [0.2, 0.25) is 0 Å². The fraction of sp³-hybridized carbons (Fsp3) is 0.375. The lowest BCUT2D eigenvalue weighted by molar-refractivity contribution is 0.431. The van der Waals surface area contributed by atoms with Crippen molar-refractivity contribution in [2.24, 2.45) is 5.92 Å². The molecular weight excluding hydrogens is 316 g/mol. The predicted octanol–water partition coefficient (Wildman–Crippen LogP) is 6.18. The van der Waals surface area contributed by atoms with Gasteiger partial charge in [-0.2, -0.15) is 0 Å². The van der Waals surface area contributed by atoms with Gasteiger partial charge in [0.15, 0.2) is 0 Å². The molecule has 1 heterocycles. The summed E-state index contributed by atoms with van der Waals surface area (Å²) in [6, 6.07) is 22.7. The Kier molecular flexibility index (Phi) is 4.92. The average molecular weight is 345 g/mol. The van der Waals surface area contributed by atoms with Crippen LogP contribution >= 0.6 is 0 Å². The first kappa shape index (κ1) is 17.1. The molecule has 0 spiro atoms. The zero-order valence-corrected chi connectivity index (χ0v) is 15.8. The molecule has 26 heavy (non-hydrogen) atoms. The van der Waals surface area contributed by atoms with Crippen LogP contribution in [0.15, 0.2) is 73.1 Å². The van der Waals surface area contributed by atoms with Crippen molar-refractivity contribution >= 4 is 0 Å². The monoisotopic (exact) mass is 344 g/mol. The molecule has 1 aromatic heterocycles. The first-order chi connectivity index (χ1) is 12.7. The first-order valence-corrected chi connectivity index (χ1v) is 9.86. The average Bonchev–Trinajstić information content (AvgIpc) is 3.33. The van der Waals surface area contributed by atoms with Gasteiger partial charge in [0.25, 0.3) is 0 Å². The Morgan fingerprint density at radius 1 is 0.885 bits per heavy atom. The van der Waals surface area contributed by atoms with Crippen molar-refractivity contribution in [2.75, 3.05) is 0 Å². The lowest BCUT2D eigenvalue weighted by atomic mass is 9.80. The Morgan fingerprint density at radius 2 is 1.50 bits per heavy atom. The van der Waals surface area contributed by atoms with Gasteiger partial charge >= 0.3 is 0 Å². The zero-order valence-electron chi connectivity index (χ0n) is 15.8. The quantitative estimate of drug-likeness (QED) is 0.540. The lowest BCUT2D eigenvalue weighted by Gasteiger charge is -2.25. The third-order valence-electron chi connectivity index (χ3n) is 5.84. The summed E-state index contributed by atoms with van der Waals surface area (Å²) >= 11 is 0. The van der Waals surface area contributed by atoms with Crippen LogP contribution in [0.5, 0.6) is 0 Å². The fourth-order valence-corrected chi connectivity index (χ4v) is 4.69. The van der Waals surface area contributed by atoms with Gasteiger partial charge in [-0.3, -0.25) is 0 Å². The Morgan fingerprint density at radius 3 is 2.08 bits per heavy atom. The van der Waals surface area contributed by atoms with E-state index in [4.69, 9.17) is 0 Å². The van der Waals surface area contributed by atoms with E-state index >= 15 is 0 Å². The Labute approximate surface area is 156 Å². The summed E-state index contributed by atoms with van der Waals surface area (Å²) in [5, 5.41) is 0. The number of rotatable bonds is 5. The number of hydrogen-bond donors (Lipinski definition) is 0. The highest BCUT2D eigenvalue weighted by Crippen LogP contribution is 2.46. The summed E-state index contributed by atoms with van der Waals surface area (Å²) in [6.07, 6.45) is 7.90. The molecule has 0 aliphatic heterocycles. The number of hydrogen-bond acceptors (Lipinski definition) is 1. The predicted molar refractivity (Wildman–Crippen MR) is 107 cm³/mol. The van der Waals surface area contributed by atoms with Crippen LogP contribution in [0.2, 0.25) is 0 Å². The van der Waals surface area contributed by atoms with Crippen molar-refractivity contribution in [1.82, 2.24) is 9.55 Å². The van der Waals surface area contributed by atoms with Gasteiger partial charge in [0, 0.05) is 30.3 Å². The summed E-state index contributed by atoms with van der Waals surface area (Å²) in [7, 11) is 0. The minimum atomic E-state index is 0.475. The van der Waals surface area contributed by atoms with Crippen molar-refractivity contribution in [3.8, 4) is 0 Å². The van der Waals surface area contributed by atoms with E-state index in [0.717, 1.165) is 0 Å². The highest BCUT2D eigenvalue weighted by atomic mass is 15.1. The van der Waals surface area contributed by atoms with Gasteiger partial charge in [-0.1, -0.05) is 74.5 Å². The second kappa shape index (κ2) is 7.49. The number of benzene rings is 2. The van der Waals surface area contributed by atoms with Gasteiger partial charge in [-0.15, -0.1) is 0 Å². The summed E-state index contributed by atoms with van der Waals surface area (Å²) in [4.78, 5) is 4.61. The maximum atomic E-state index is 4.61. The normalized spacial score (nSPS) is 20.2. The molecule has 1 aliphatic rings. The van der Waals surface area contributed by atoms with Crippen LogP contribution in [-0.4, -0.2) is 9.55 Å². The minimum absolute atomic E-state index is 0.475. The summed E-state index contributed by atoms with van der Waals surface area (Å²) in [5.41, 5.74) is 2.89. The topological polar surface area (TPSA) is 17.8 Å². The molecule has 134 valence electrons. The molecule has 2 nitrogen and oxygen atoms in total. The summed E-state index contributed by atoms with van der Waals surface area (Å²) in [6.45, 7) is 4.48. The summed E-state index contributed by atoms with van der Waals surface area (Å²) < 4.78 is 2.44. The van der Waals surface area contributed by atoms with E-state index in [-0.39, 0.29) is 0 Å². The number of imidazole rings is 1. The zero-order chi connectivity index (χ0) is 17.9. The van der Waals surface area contributed by atoms with Crippen molar-refractivity contribution < 1.29 is 0 Å². The molecule has 2 aromatic carbocycles.